The van der Waals surface area contributed by atoms with Crippen molar-refractivity contribution in [3.63, 3.8) is 0 Å². The summed E-state index contributed by atoms with van der Waals surface area (Å²) in [4.78, 5) is 23.9. The van der Waals surface area contributed by atoms with Crippen LogP contribution in [0.5, 0.6) is 0 Å². The van der Waals surface area contributed by atoms with Crippen molar-refractivity contribution in [1.29, 1.82) is 0 Å². The summed E-state index contributed by atoms with van der Waals surface area (Å²) in [6, 6.07) is 8.91. The van der Waals surface area contributed by atoms with E-state index in [1.807, 2.05) is 30.3 Å². The van der Waals surface area contributed by atoms with Crippen molar-refractivity contribution in [2.24, 2.45) is 0 Å². The van der Waals surface area contributed by atoms with Crippen molar-refractivity contribution in [3.05, 3.63) is 40.9 Å². The van der Waals surface area contributed by atoms with Crippen molar-refractivity contribution in [2.75, 3.05) is 12.4 Å². The molecule has 2 amide bonds. The summed E-state index contributed by atoms with van der Waals surface area (Å²) in [6.07, 6.45) is 2.91. The molecule has 3 rings (SSSR count). The van der Waals surface area contributed by atoms with Crippen LogP contribution in [0.1, 0.15) is 35.8 Å². The fourth-order valence-corrected chi connectivity index (χ4v) is 3.36. The van der Waals surface area contributed by atoms with E-state index in [0.29, 0.717) is 17.5 Å². The molecular weight excluding hydrogens is 340 g/mol. The Morgan fingerprint density at radius 3 is 2.72 bits per heavy atom. The predicted octanol–water partition coefficient (Wildman–Crippen LogP) is 2.71. The molecule has 1 aromatic carbocycles. The van der Waals surface area contributed by atoms with E-state index >= 15 is 0 Å². The third-order valence-corrected chi connectivity index (χ3v) is 4.89. The summed E-state index contributed by atoms with van der Waals surface area (Å²) >= 11 is 1.40. The van der Waals surface area contributed by atoms with Crippen molar-refractivity contribution in [3.8, 4) is 0 Å². The molecule has 1 aromatic heterocycles. The van der Waals surface area contributed by atoms with Gasteiger partial charge in [0.05, 0.1) is 13.5 Å². The smallest absolute Gasteiger partial charge is 0.321 e. The van der Waals surface area contributed by atoms with Crippen LogP contribution in [0.4, 0.5) is 9.93 Å². The lowest BCUT2D eigenvalue weighted by atomic mass is 10.0. The number of hydrogen-bond acceptors (Lipinski definition) is 6. The molecule has 1 saturated carbocycles. The van der Waals surface area contributed by atoms with Crippen LogP contribution >= 0.6 is 11.3 Å². The molecule has 132 valence electrons. The predicted molar refractivity (Wildman–Crippen MR) is 94.6 cm³/mol. The Morgan fingerprint density at radius 1 is 1.28 bits per heavy atom. The number of aromatic nitrogens is 2. The second-order valence-corrected chi connectivity index (χ2v) is 6.99. The molecule has 25 heavy (non-hydrogen) atoms. The Kier molecular flexibility index (Phi) is 5.60. The number of esters is 1. The van der Waals surface area contributed by atoms with Gasteiger partial charge in [0.25, 0.3) is 0 Å². The Bertz CT molecular complexity index is 731. The van der Waals surface area contributed by atoms with E-state index in [2.05, 4.69) is 20.8 Å². The highest BCUT2D eigenvalue weighted by Crippen LogP contribution is 2.41. The molecule has 1 atom stereocenters. The van der Waals surface area contributed by atoms with E-state index in [1.165, 1.54) is 18.4 Å². The van der Waals surface area contributed by atoms with Crippen LogP contribution in [0.3, 0.4) is 0 Å². The Balaban J connectivity index is 1.59. The number of amides is 2. The van der Waals surface area contributed by atoms with Crippen LogP contribution in [0.15, 0.2) is 30.3 Å². The fourth-order valence-electron chi connectivity index (χ4n) is 2.46. The van der Waals surface area contributed by atoms with E-state index in [0.717, 1.165) is 23.4 Å². The molecule has 0 aliphatic heterocycles. The van der Waals surface area contributed by atoms with Crippen LogP contribution < -0.4 is 10.6 Å². The SMILES string of the molecule is COC(=O)CC(Cc1ccccc1)NC(=O)Nc1nnc(C2CC2)s1. The number of carbonyl (C=O) groups excluding carboxylic acids is 2. The van der Waals surface area contributed by atoms with Gasteiger partial charge in [-0.1, -0.05) is 41.7 Å². The number of ether oxygens (including phenoxy) is 1. The highest BCUT2D eigenvalue weighted by Gasteiger charge is 2.28. The minimum atomic E-state index is -0.400. The quantitative estimate of drug-likeness (QED) is 0.741. The van der Waals surface area contributed by atoms with E-state index in [1.54, 1.807) is 0 Å². The standard InChI is InChI=1S/C17H20N4O3S/c1-24-14(22)10-13(9-11-5-3-2-4-6-11)18-16(23)19-17-21-20-15(25-17)12-7-8-12/h2-6,12-13H,7-10H2,1H3,(H2,18,19,21,23). The first-order valence-electron chi connectivity index (χ1n) is 8.15. The molecule has 1 fully saturated rings. The third kappa shape index (κ3) is 5.25. The summed E-state index contributed by atoms with van der Waals surface area (Å²) < 4.78 is 4.72. The number of urea groups is 1. The highest BCUT2D eigenvalue weighted by molar-refractivity contribution is 7.15. The molecule has 2 aromatic rings. The van der Waals surface area contributed by atoms with Crippen LogP contribution in [0.25, 0.3) is 0 Å². The minimum Gasteiger partial charge on any atom is -0.469 e. The zero-order valence-electron chi connectivity index (χ0n) is 13.9. The molecule has 7 nitrogen and oxygen atoms in total. The van der Waals surface area contributed by atoms with Crippen LogP contribution in [0.2, 0.25) is 0 Å². The average molecular weight is 360 g/mol. The number of nitrogens with one attached hydrogen (secondary N) is 2. The maximum atomic E-state index is 12.2. The number of nitrogens with zero attached hydrogens (tertiary/aromatic N) is 2. The molecule has 8 heteroatoms. The summed E-state index contributed by atoms with van der Waals surface area (Å²) in [5, 5.41) is 15.0. The molecule has 1 heterocycles. The number of anilines is 1. The molecular formula is C17H20N4O3S. The molecule has 0 saturated heterocycles. The third-order valence-electron chi connectivity index (χ3n) is 3.89. The second kappa shape index (κ2) is 8.06. The summed E-state index contributed by atoms with van der Waals surface area (Å²) in [5.41, 5.74) is 1.03. The van der Waals surface area contributed by atoms with Gasteiger partial charge in [0.15, 0.2) is 0 Å². The van der Waals surface area contributed by atoms with Crippen LogP contribution in [-0.2, 0) is 16.0 Å². The summed E-state index contributed by atoms with van der Waals surface area (Å²) in [7, 11) is 1.34. The molecule has 2 N–H and O–H groups in total. The zero-order valence-corrected chi connectivity index (χ0v) is 14.7. The van der Waals surface area contributed by atoms with Gasteiger partial charge in [-0.25, -0.2) is 4.79 Å². The van der Waals surface area contributed by atoms with Crippen LogP contribution in [-0.4, -0.2) is 35.3 Å². The maximum absolute atomic E-state index is 12.2. The number of benzene rings is 1. The van der Waals surface area contributed by atoms with E-state index in [4.69, 9.17) is 4.74 Å². The van der Waals surface area contributed by atoms with Gasteiger partial charge in [0.1, 0.15) is 5.01 Å². The molecule has 0 bridgehead atoms. The van der Waals surface area contributed by atoms with Gasteiger partial charge in [-0.3, -0.25) is 10.1 Å². The maximum Gasteiger partial charge on any atom is 0.321 e. The summed E-state index contributed by atoms with van der Waals surface area (Å²) in [5.74, 6) is 0.134. The Morgan fingerprint density at radius 2 is 2.04 bits per heavy atom. The average Bonchev–Trinajstić information content (AvgIpc) is 3.35. The van der Waals surface area contributed by atoms with E-state index in [9.17, 15) is 9.59 Å². The first kappa shape index (κ1) is 17.3. The molecule has 1 unspecified atom stereocenters. The van der Waals surface area contributed by atoms with Gasteiger partial charge < -0.3 is 10.1 Å². The van der Waals surface area contributed by atoms with Gasteiger partial charge in [0.2, 0.25) is 5.13 Å². The number of methoxy groups -OCH3 is 1. The van der Waals surface area contributed by atoms with Gasteiger partial charge >= 0.3 is 12.0 Å². The van der Waals surface area contributed by atoms with Gasteiger partial charge in [0, 0.05) is 12.0 Å². The monoisotopic (exact) mass is 360 g/mol. The first-order chi connectivity index (χ1) is 12.1. The lowest BCUT2D eigenvalue weighted by Gasteiger charge is -2.17. The minimum absolute atomic E-state index is 0.0995. The van der Waals surface area contributed by atoms with E-state index in [-0.39, 0.29) is 18.4 Å². The fraction of sp³-hybridized carbons (Fsp3) is 0.412. The molecule has 1 aliphatic rings. The lowest BCUT2D eigenvalue weighted by molar-refractivity contribution is -0.141. The van der Waals surface area contributed by atoms with Crippen molar-refractivity contribution < 1.29 is 14.3 Å². The zero-order chi connectivity index (χ0) is 17.6. The molecule has 0 spiro atoms. The topological polar surface area (TPSA) is 93.2 Å². The van der Waals surface area contributed by atoms with Crippen molar-refractivity contribution in [1.82, 2.24) is 15.5 Å². The van der Waals surface area contributed by atoms with E-state index < -0.39 is 6.03 Å². The molecule has 1 aliphatic carbocycles. The highest BCUT2D eigenvalue weighted by atomic mass is 32.1. The lowest BCUT2D eigenvalue weighted by Crippen LogP contribution is -2.40. The van der Waals surface area contributed by atoms with Gasteiger partial charge in [-0.05, 0) is 24.8 Å². The van der Waals surface area contributed by atoms with Crippen LogP contribution in [0, 0.1) is 0 Å². The first-order valence-corrected chi connectivity index (χ1v) is 8.97. The molecule has 0 radical (unpaired) electrons. The second-order valence-electron chi connectivity index (χ2n) is 5.99. The van der Waals surface area contributed by atoms with Gasteiger partial charge in [-0.2, -0.15) is 0 Å². The number of rotatable bonds is 7. The normalized spacial score (nSPS) is 14.6. The van der Waals surface area contributed by atoms with Gasteiger partial charge in [-0.15, -0.1) is 10.2 Å². The number of hydrogen-bond donors (Lipinski definition) is 2. The summed E-state index contributed by atoms with van der Waals surface area (Å²) in [6.45, 7) is 0. The number of carbonyl (C=O) groups is 2. The van der Waals surface area contributed by atoms with Crippen molar-refractivity contribution in [2.45, 2.75) is 37.6 Å². The Labute approximate surface area is 149 Å². The van der Waals surface area contributed by atoms with Crippen molar-refractivity contribution >= 4 is 28.5 Å². The Hall–Kier alpha value is -2.48. The largest absolute Gasteiger partial charge is 0.469 e.